The van der Waals surface area contributed by atoms with Gasteiger partial charge in [0.05, 0.1) is 25.5 Å². The lowest BCUT2D eigenvalue weighted by Crippen LogP contribution is -2.56. The van der Waals surface area contributed by atoms with E-state index >= 15 is 0 Å². The van der Waals surface area contributed by atoms with Crippen LogP contribution >= 0.6 is 35.3 Å². The highest BCUT2D eigenvalue weighted by atomic mass is 127. The van der Waals surface area contributed by atoms with E-state index in [-0.39, 0.29) is 29.5 Å². The third-order valence-corrected chi connectivity index (χ3v) is 5.33. The Morgan fingerprint density at radius 2 is 1.96 bits per heavy atom. The van der Waals surface area contributed by atoms with Gasteiger partial charge in [-0.05, 0) is 27.7 Å². The second kappa shape index (κ2) is 9.88. The Morgan fingerprint density at radius 1 is 1.29 bits per heavy atom. The molecule has 1 aliphatic heterocycles. The number of aryl methyl sites for hydroxylation is 2. The first kappa shape index (κ1) is 21.6. The first-order valence-corrected chi connectivity index (χ1v) is 8.94. The van der Waals surface area contributed by atoms with E-state index in [0.29, 0.717) is 6.54 Å². The Morgan fingerprint density at radius 3 is 2.50 bits per heavy atom. The molecule has 2 heterocycles. The number of thiazole rings is 1. The van der Waals surface area contributed by atoms with Crippen LogP contribution < -0.4 is 10.6 Å². The molecule has 1 aromatic heterocycles. The normalized spacial score (nSPS) is 16.6. The lowest BCUT2D eigenvalue weighted by molar-refractivity contribution is -0.00834. The molecular weight excluding hydrogens is 437 g/mol. The van der Waals surface area contributed by atoms with E-state index in [1.165, 1.54) is 4.88 Å². The number of hydrogen-bond acceptors (Lipinski definition) is 5. The molecule has 0 unspecified atom stereocenters. The average Bonchev–Trinajstić information content (AvgIpc) is 2.87. The van der Waals surface area contributed by atoms with Crippen LogP contribution in [0, 0.1) is 13.8 Å². The van der Waals surface area contributed by atoms with Gasteiger partial charge in [-0.25, -0.2) is 4.98 Å². The molecule has 1 fully saturated rings. The zero-order chi connectivity index (χ0) is 16.9. The zero-order valence-electron chi connectivity index (χ0n) is 15.3. The largest absolute Gasteiger partial charge is 0.379 e. The summed E-state index contributed by atoms with van der Waals surface area (Å²) in [7, 11) is 1.80. The molecule has 0 amide bonds. The molecule has 0 saturated carbocycles. The van der Waals surface area contributed by atoms with Gasteiger partial charge in [0, 0.05) is 37.1 Å². The fourth-order valence-electron chi connectivity index (χ4n) is 2.58. The predicted octanol–water partition coefficient (Wildman–Crippen LogP) is 2.15. The van der Waals surface area contributed by atoms with Crippen LogP contribution in [0.5, 0.6) is 0 Å². The van der Waals surface area contributed by atoms with E-state index < -0.39 is 0 Å². The standard InChI is InChI=1S/C16H29N5OS.HI/c1-12-13(2)23-14(20-12)10-18-15(17-5)19-11-16(3,4)21-6-8-22-9-7-21;/h6-11H2,1-5H3,(H2,17,18,19);1H. The Labute approximate surface area is 166 Å². The van der Waals surface area contributed by atoms with E-state index in [4.69, 9.17) is 4.74 Å². The molecule has 0 radical (unpaired) electrons. The maximum absolute atomic E-state index is 5.44. The molecule has 2 N–H and O–H groups in total. The number of guanidine groups is 1. The van der Waals surface area contributed by atoms with Crippen LogP contribution in [0.4, 0.5) is 0 Å². The molecular formula is C16H30IN5OS. The van der Waals surface area contributed by atoms with Crippen molar-refractivity contribution in [2.75, 3.05) is 39.9 Å². The van der Waals surface area contributed by atoms with Crippen LogP contribution in [0.1, 0.15) is 29.4 Å². The van der Waals surface area contributed by atoms with Crippen molar-refractivity contribution >= 4 is 41.3 Å². The molecule has 1 aromatic rings. The summed E-state index contributed by atoms with van der Waals surface area (Å²) in [6.07, 6.45) is 0. The van der Waals surface area contributed by atoms with Gasteiger partial charge >= 0.3 is 0 Å². The molecule has 1 aliphatic rings. The summed E-state index contributed by atoms with van der Waals surface area (Å²) in [5.41, 5.74) is 1.18. The van der Waals surface area contributed by atoms with E-state index in [9.17, 15) is 0 Å². The number of morpholine rings is 1. The molecule has 24 heavy (non-hydrogen) atoms. The molecule has 0 bridgehead atoms. The minimum atomic E-state index is 0. The molecule has 0 aromatic carbocycles. The monoisotopic (exact) mass is 467 g/mol. The summed E-state index contributed by atoms with van der Waals surface area (Å²) in [6.45, 7) is 13.8. The van der Waals surface area contributed by atoms with Crippen molar-refractivity contribution in [2.24, 2.45) is 4.99 Å². The summed E-state index contributed by atoms with van der Waals surface area (Å²) in [4.78, 5) is 12.6. The highest BCUT2D eigenvalue weighted by molar-refractivity contribution is 14.0. The number of aliphatic imine (C=N–C) groups is 1. The lowest BCUT2D eigenvalue weighted by atomic mass is 10.0. The number of nitrogens with zero attached hydrogens (tertiary/aromatic N) is 3. The van der Waals surface area contributed by atoms with Crippen molar-refractivity contribution < 1.29 is 4.74 Å². The maximum atomic E-state index is 5.44. The zero-order valence-corrected chi connectivity index (χ0v) is 18.5. The summed E-state index contributed by atoms with van der Waals surface area (Å²) in [5, 5.41) is 7.87. The van der Waals surface area contributed by atoms with Crippen LogP contribution in [0.25, 0.3) is 0 Å². The van der Waals surface area contributed by atoms with E-state index in [1.54, 1.807) is 18.4 Å². The fourth-order valence-corrected chi connectivity index (χ4v) is 3.45. The number of rotatable bonds is 5. The third-order valence-electron chi connectivity index (χ3n) is 4.26. The lowest BCUT2D eigenvalue weighted by Gasteiger charge is -2.41. The second-order valence-corrected chi connectivity index (χ2v) is 7.73. The topological polar surface area (TPSA) is 61.8 Å². The summed E-state index contributed by atoms with van der Waals surface area (Å²) in [5.74, 6) is 0.817. The Balaban J connectivity index is 0.00000288. The second-order valence-electron chi connectivity index (χ2n) is 6.44. The summed E-state index contributed by atoms with van der Waals surface area (Å²) in [6, 6.07) is 0. The molecule has 0 atom stereocenters. The van der Waals surface area contributed by atoms with Crippen molar-refractivity contribution in [3.05, 3.63) is 15.6 Å². The van der Waals surface area contributed by atoms with Crippen LogP contribution in [0.2, 0.25) is 0 Å². The Bertz CT molecular complexity index is 521. The Kier molecular flexibility index (Phi) is 8.89. The number of nitrogens with one attached hydrogen (secondary N) is 2. The van der Waals surface area contributed by atoms with Crippen LogP contribution in [-0.2, 0) is 11.3 Å². The van der Waals surface area contributed by atoms with Crippen molar-refractivity contribution in [1.29, 1.82) is 0 Å². The van der Waals surface area contributed by atoms with E-state index in [1.807, 2.05) is 6.92 Å². The molecule has 138 valence electrons. The van der Waals surface area contributed by atoms with Crippen molar-refractivity contribution in [2.45, 2.75) is 39.8 Å². The quantitative estimate of drug-likeness (QED) is 0.395. The Hall–Kier alpha value is -0.450. The van der Waals surface area contributed by atoms with Gasteiger partial charge in [-0.15, -0.1) is 35.3 Å². The van der Waals surface area contributed by atoms with Crippen molar-refractivity contribution in [3.8, 4) is 0 Å². The van der Waals surface area contributed by atoms with Crippen molar-refractivity contribution in [1.82, 2.24) is 20.5 Å². The molecule has 2 rings (SSSR count). The number of ether oxygens (including phenoxy) is 1. The molecule has 0 spiro atoms. The first-order chi connectivity index (χ1) is 10.9. The highest BCUT2D eigenvalue weighted by Crippen LogP contribution is 2.16. The summed E-state index contributed by atoms with van der Waals surface area (Å²) >= 11 is 1.73. The minimum absolute atomic E-state index is 0. The van der Waals surface area contributed by atoms with E-state index in [0.717, 1.165) is 49.5 Å². The number of aromatic nitrogens is 1. The maximum Gasteiger partial charge on any atom is 0.191 e. The van der Waals surface area contributed by atoms with Gasteiger partial charge in [-0.3, -0.25) is 9.89 Å². The fraction of sp³-hybridized carbons (Fsp3) is 0.750. The van der Waals surface area contributed by atoms with Gasteiger partial charge in [-0.2, -0.15) is 0 Å². The molecule has 1 saturated heterocycles. The van der Waals surface area contributed by atoms with Gasteiger partial charge in [0.2, 0.25) is 0 Å². The van der Waals surface area contributed by atoms with Gasteiger partial charge in [0.1, 0.15) is 5.01 Å². The van der Waals surface area contributed by atoms with Crippen molar-refractivity contribution in [3.63, 3.8) is 0 Å². The average molecular weight is 467 g/mol. The SMILES string of the molecule is CN=C(NCc1nc(C)c(C)s1)NCC(C)(C)N1CCOCC1.I. The smallest absolute Gasteiger partial charge is 0.191 e. The third kappa shape index (κ3) is 6.12. The highest BCUT2D eigenvalue weighted by Gasteiger charge is 2.28. The number of hydrogen-bond donors (Lipinski definition) is 2. The van der Waals surface area contributed by atoms with E-state index in [2.05, 4.69) is 46.3 Å². The molecule has 6 nitrogen and oxygen atoms in total. The van der Waals surface area contributed by atoms with Gasteiger partial charge in [0.15, 0.2) is 5.96 Å². The number of halogens is 1. The minimum Gasteiger partial charge on any atom is -0.379 e. The van der Waals surface area contributed by atoms with Gasteiger partial charge < -0.3 is 15.4 Å². The van der Waals surface area contributed by atoms with Gasteiger partial charge in [-0.1, -0.05) is 0 Å². The first-order valence-electron chi connectivity index (χ1n) is 8.12. The van der Waals surface area contributed by atoms with Crippen LogP contribution in [-0.4, -0.2) is 61.3 Å². The molecule has 8 heteroatoms. The van der Waals surface area contributed by atoms with Crippen LogP contribution in [0.15, 0.2) is 4.99 Å². The predicted molar refractivity (Wildman–Crippen MR) is 112 cm³/mol. The van der Waals surface area contributed by atoms with Gasteiger partial charge in [0.25, 0.3) is 0 Å². The molecule has 0 aliphatic carbocycles. The van der Waals surface area contributed by atoms with Crippen LogP contribution in [0.3, 0.4) is 0 Å². The summed E-state index contributed by atoms with van der Waals surface area (Å²) < 4.78 is 5.44.